The maximum absolute atomic E-state index is 14.0. The number of halogens is 4. The van der Waals surface area contributed by atoms with Crippen LogP contribution < -0.4 is 4.74 Å². The number of carbonyl (C=O) groups is 1. The number of para-hydroxylation sites is 1. The maximum Gasteiger partial charge on any atom is 0.280 e. The molecule has 0 unspecified atom stereocenters. The normalized spacial score (nSPS) is 14.5. The van der Waals surface area contributed by atoms with Gasteiger partial charge in [-0.25, -0.2) is 18.3 Å². The Labute approximate surface area is 222 Å². The number of amides is 1. The summed E-state index contributed by atoms with van der Waals surface area (Å²) in [5.74, 6) is 0.188. The van der Waals surface area contributed by atoms with Gasteiger partial charge in [-0.15, -0.1) is 0 Å². The third kappa shape index (κ3) is 5.12. The number of carbonyl (C=O) groups excluding carboxylic acids is 1. The predicted molar refractivity (Wildman–Crippen MR) is 138 cm³/mol. The lowest BCUT2D eigenvalue weighted by Gasteiger charge is -2.34. The minimum absolute atomic E-state index is 0.0825. The molecule has 2 aromatic heterocycles. The summed E-state index contributed by atoms with van der Waals surface area (Å²) in [6, 6.07) is 13.7. The quantitative estimate of drug-likeness (QED) is 0.315. The molecule has 0 saturated carbocycles. The predicted octanol–water partition coefficient (Wildman–Crippen LogP) is 5.61. The third-order valence-corrected chi connectivity index (χ3v) is 6.99. The van der Waals surface area contributed by atoms with E-state index in [4.69, 9.17) is 27.9 Å². The Morgan fingerprint density at radius 1 is 1.08 bits per heavy atom. The van der Waals surface area contributed by atoms with Crippen LogP contribution in [0.25, 0.3) is 16.9 Å². The second kappa shape index (κ2) is 10.6. The van der Waals surface area contributed by atoms with Crippen LogP contribution in [0.4, 0.5) is 8.78 Å². The first-order valence-electron chi connectivity index (χ1n) is 11.6. The molecule has 0 aliphatic carbocycles. The van der Waals surface area contributed by atoms with Crippen molar-refractivity contribution < 1.29 is 18.3 Å². The number of nitrogens with zero attached hydrogens (tertiary/aromatic N) is 5. The first kappa shape index (κ1) is 25.4. The zero-order chi connectivity index (χ0) is 26.1. The van der Waals surface area contributed by atoms with Gasteiger partial charge in [-0.1, -0.05) is 41.4 Å². The number of fused-ring (bicyclic) bond motifs is 1. The Kier molecular flexibility index (Phi) is 7.28. The monoisotopic (exact) mass is 545 g/mol. The molecule has 0 bridgehead atoms. The van der Waals surface area contributed by atoms with E-state index in [1.807, 2.05) is 6.07 Å². The van der Waals surface area contributed by atoms with Crippen molar-refractivity contribution in [3.05, 3.63) is 81.6 Å². The molecule has 7 nitrogen and oxygen atoms in total. The second-order valence-corrected chi connectivity index (χ2v) is 9.51. The molecule has 2 aromatic carbocycles. The fraction of sp³-hybridized carbons (Fsp3) is 0.269. The van der Waals surface area contributed by atoms with Crippen LogP contribution in [0.3, 0.4) is 0 Å². The Balaban J connectivity index is 1.40. The fourth-order valence-corrected chi connectivity index (χ4v) is 4.93. The highest BCUT2D eigenvalue weighted by Crippen LogP contribution is 2.32. The van der Waals surface area contributed by atoms with Crippen molar-refractivity contribution in [2.24, 2.45) is 0 Å². The molecule has 3 heterocycles. The summed E-state index contributed by atoms with van der Waals surface area (Å²) in [4.78, 5) is 21.9. The number of hydrogen-bond donors (Lipinski definition) is 0. The summed E-state index contributed by atoms with van der Waals surface area (Å²) in [6.07, 6.45) is -1.51. The fourth-order valence-electron chi connectivity index (χ4n) is 4.46. The van der Waals surface area contributed by atoms with Gasteiger partial charge < -0.3 is 9.64 Å². The average Bonchev–Trinajstić information content (AvgIpc) is 3.33. The van der Waals surface area contributed by atoms with E-state index in [2.05, 4.69) is 15.0 Å². The zero-order valence-corrected chi connectivity index (χ0v) is 21.4. The van der Waals surface area contributed by atoms with E-state index >= 15 is 0 Å². The van der Waals surface area contributed by atoms with Crippen LogP contribution >= 0.6 is 23.2 Å². The van der Waals surface area contributed by atoms with Crippen molar-refractivity contribution in [2.75, 3.05) is 33.3 Å². The van der Waals surface area contributed by atoms with Gasteiger partial charge in [-0.3, -0.25) is 9.69 Å². The molecular weight excluding hydrogens is 523 g/mol. The van der Waals surface area contributed by atoms with Gasteiger partial charge in [0.1, 0.15) is 17.0 Å². The molecule has 1 aliphatic rings. The highest BCUT2D eigenvalue weighted by Gasteiger charge is 2.27. The van der Waals surface area contributed by atoms with Crippen molar-refractivity contribution in [3.8, 4) is 17.0 Å². The van der Waals surface area contributed by atoms with Crippen LogP contribution in [-0.4, -0.2) is 63.6 Å². The molecule has 37 heavy (non-hydrogen) atoms. The van der Waals surface area contributed by atoms with E-state index in [0.29, 0.717) is 54.1 Å². The highest BCUT2D eigenvalue weighted by atomic mass is 35.5. The van der Waals surface area contributed by atoms with Gasteiger partial charge in [0.05, 0.1) is 19.0 Å². The standard InChI is InChI=1S/C26H23Cl2F2N5O2/c1-37-23-5-3-2-4-18(23)21-13-22(24(29)30)35-25(32-21)19(14-31-35)26(36)34-10-8-33(9-11-34)15-16-6-7-17(27)12-20(16)28/h2-7,12-14,24H,8-11,15H2,1H3. The topological polar surface area (TPSA) is 63.0 Å². The van der Waals surface area contributed by atoms with E-state index in [0.717, 1.165) is 10.1 Å². The van der Waals surface area contributed by atoms with E-state index in [-0.39, 0.29) is 28.5 Å². The largest absolute Gasteiger partial charge is 0.496 e. The summed E-state index contributed by atoms with van der Waals surface area (Å²) >= 11 is 12.3. The minimum atomic E-state index is -2.81. The first-order valence-corrected chi connectivity index (χ1v) is 12.4. The van der Waals surface area contributed by atoms with Crippen LogP contribution in [0.1, 0.15) is 28.0 Å². The number of rotatable bonds is 6. The van der Waals surface area contributed by atoms with Crippen molar-refractivity contribution in [1.29, 1.82) is 0 Å². The SMILES string of the molecule is COc1ccccc1-c1cc(C(F)F)n2ncc(C(=O)N3CCN(Cc4ccc(Cl)cc4Cl)CC3)c2n1. The van der Waals surface area contributed by atoms with E-state index < -0.39 is 6.43 Å². The first-order chi connectivity index (χ1) is 17.9. The third-order valence-electron chi connectivity index (χ3n) is 6.40. The number of benzene rings is 2. The maximum atomic E-state index is 14.0. The van der Waals surface area contributed by atoms with Gasteiger partial charge in [0.2, 0.25) is 0 Å². The summed E-state index contributed by atoms with van der Waals surface area (Å²) in [5, 5.41) is 5.26. The Hall–Kier alpha value is -3.27. The molecule has 1 fully saturated rings. The molecule has 1 amide bonds. The van der Waals surface area contributed by atoms with E-state index in [9.17, 15) is 13.6 Å². The Bertz CT molecular complexity index is 1450. The summed E-state index contributed by atoms with van der Waals surface area (Å²) < 4.78 is 34.4. The Morgan fingerprint density at radius 3 is 2.54 bits per heavy atom. The molecule has 0 N–H and O–H groups in total. The smallest absolute Gasteiger partial charge is 0.280 e. The number of piperazine rings is 1. The summed E-state index contributed by atoms with van der Waals surface area (Å²) in [6.45, 7) is 2.83. The second-order valence-electron chi connectivity index (χ2n) is 8.66. The lowest BCUT2D eigenvalue weighted by molar-refractivity contribution is 0.0630. The lowest BCUT2D eigenvalue weighted by Crippen LogP contribution is -2.48. The van der Waals surface area contributed by atoms with Gasteiger partial charge in [0.15, 0.2) is 5.65 Å². The van der Waals surface area contributed by atoms with Gasteiger partial charge in [-0.2, -0.15) is 5.10 Å². The number of alkyl halides is 2. The van der Waals surface area contributed by atoms with Crippen LogP contribution in [0.2, 0.25) is 10.0 Å². The van der Waals surface area contributed by atoms with Crippen molar-refractivity contribution in [2.45, 2.75) is 13.0 Å². The summed E-state index contributed by atoms with van der Waals surface area (Å²) in [7, 11) is 1.50. The zero-order valence-electron chi connectivity index (χ0n) is 19.9. The van der Waals surface area contributed by atoms with E-state index in [1.165, 1.54) is 19.4 Å². The molecule has 192 valence electrons. The molecule has 1 aliphatic heterocycles. The molecule has 11 heteroatoms. The number of aromatic nitrogens is 3. The van der Waals surface area contributed by atoms with Crippen LogP contribution in [0.15, 0.2) is 54.7 Å². The molecule has 0 radical (unpaired) electrons. The lowest BCUT2D eigenvalue weighted by atomic mass is 10.1. The van der Waals surface area contributed by atoms with Gasteiger partial charge in [0.25, 0.3) is 12.3 Å². The van der Waals surface area contributed by atoms with Gasteiger partial charge in [0, 0.05) is 48.3 Å². The van der Waals surface area contributed by atoms with Crippen LogP contribution in [0, 0.1) is 0 Å². The molecule has 0 atom stereocenters. The van der Waals surface area contributed by atoms with Crippen LogP contribution in [-0.2, 0) is 6.54 Å². The van der Waals surface area contributed by atoms with Crippen LogP contribution in [0.5, 0.6) is 5.75 Å². The number of ether oxygens (including phenoxy) is 1. The minimum Gasteiger partial charge on any atom is -0.496 e. The highest BCUT2D eigenvalue weighted by molar-refractivity contribution is 6.35. The Morgan fingerprint density at radius 2 is 1.84 bits per heavy atom. The van der Waals surface area contributed by atoms with Gasteiger partial charge in [-0.05, 0) is 35.9 Å². The summed E-state index contributed by atoms with van der Waals surface area (Å²) in [5.41, 5.74) is 1.69. The van der Waals surface area contributed by atoms with E-state index in [1.54, 1.807) is 41.3 Å². The van der Waals surface area contributed by atoms with Crippen molar-refractivity contribution >= 4 is 34.8 Å². The molecule has 0 spiro atoms. The molecule has 4 aromatic rings. The number of hydrogen-bond acceptors (Lipinski definition) is 5. The molecule has 1 saturated heterocycles. The average molecular weight is 546 g/mol. The van der Waals surface area contributed by atoms with Crippen molar-refractivity contribution in [1.82, 2.24) is 24.4 Å². The van der Waals surface area contributed by atoms with Crippen molar-refractivity contribution in [3.63, 3.8) is 0 Å². The van der Waals surface area contributed by atoms with Gasteiger partial charge >= 0.3 is 0 Å². The number of methoxy groups -OCH3 is 1. The molecular formula is C26H23Cl2F2N5O2. The molecule has 5 rings (SSSR count).